The monoisotopic (exact) mass is 243 g/mol. The van der Waals surface area contributed by atoms with Gasteiger partial charge in [-0.3, -0.25) is 0 Å². The zero-order valence-electron chi connectivity index (χ0n) is 10.0. The van der Waals surface area contributed by atoms with E-state index < -0.39 is 0 Å². The molecule has 0 amide bonds. The Bertz CT molecular complexity index is 333. The molecule has 16 heavy (non-hydrogen) atoms. The van der Waals surface area contributed by atoms with Crippen LogP contribution in [-0.4, -0.2) is 36.0 Å². The van der Waals surface area contributed by atoms with Crippen LogP contribution in [0.15, 0.2) is 6.07 Å². The lowest BCUT2D eigenvalue weighted by molar-refractivity contribution is 0.395. The van der Waals surface area contributed by atoms with Crippen LogP contribution >= 0.6 is 11.6 Å². The first-order valence-corrected chi connectivity index (χ1v) is 5.95. The first-order valence-electron chi connectivity index (χ1n) is 5.41. The van der Waals surface area contributed by atoms with E-state index in [0.717, 1.165) is 31.2 Å². The van der Waals surface area contributed by atoms with E-state index in [1.165, 1.54) is 0 Å². The summed E-state index contributed by atoms with van der Waals surface area (Å²) in [5.41, 5.74) is 0. The summed E-state index contributed by atoms with van der Waals surface area (Å²) in [6.07, 6.45) is 0.945. The summed E-state index contributed by atoms with van der Waals surface area (Å²) < 4.78 is 5.13. The quantitative estimate of drug-likeness (QED) is 0.719. The van der Waals surface area contributed by atoms with Crippen LogP contribution < -0.4 is 9.64 Å². The van der Waals surface area contributed by atoms with Crippen LogP contribution in [0, 0.1) is 6.92 Å². The Labute approximate surface area is 102 Å². The molecule has 0 atom stereocenters. The highest BCUT2D eigenvalue weighted by Gasteiger charge is 2.08. The molecule has 0 aliphatic heterocycles. The molecule has 1 heterocycles. The molecule has 1 aromatic heterocycles. The van der Waals surface area contributed by atoms with Gasteiger partial charge in [-0.2, -0.15) is 4.98 Å². The predicted octanol–water partition coefficient (Wildman–Crippen LogP) is 2.25. The molecule has 0 aliphatic rings. The number of nitrogens with zero attached hydrogens (tertiary/aromatic N) is 3. The maximum atomic E-state index is 5.70. The molecule has 0 N–H and O–H groups in total. The minimum Gasteiger partial charge on any atom is -0.481 e. The van der Waals surface area contributed by atoms with Gasteiger partial charge in [-0.15, -0.1) is 11.6 Å². The van der Waals surface area contributed by atoms with Gasteiger partial charge in [0.25, 0.3) is 0 Å². The average Bonchev–Trinajstić information content (AvgIpc) is 2.29. The van der Waals surface area contributed by atoms with Gasteiger partial charge in [-0.25, -0.2) is 4.98 Å². The van der Waals surface area contributed by atoms with Gasteiger partial charge in [0.2, 0.25) is 5.88 Å². The highest BCUT2D eigenvalue weighted by Crippen LogP contribution is 2.17. The molecule has 1 aromatic rings. The number of alkyl halides is 1. The van der Waals surface area contributed by atoms with Crippen molar-refractivity contribution in [2.24, 2.45) is 0 Å². The highest BCUT2D eigenvalue weighted by molar-refractivity contribution is 6.17. The SMILES string of the molecule is CCN(CCCCl)c1cc(OC)nc(C)n1. The first kappa shape index (κ1) is 13.0. The summed E-state index contributed by atoms with van der Waals surface area (Å²) >= 11 is 5.70. The molecule has 4 nitrogen and oxygen atoms in total. The van der Waals surface area contributed by atoms with Crippen molar-refractivity contribution in [2.75, 3.05) is 31.0 Å². The lowest BCUT2D eigenvalue weighted by atomic mass is 10.4. The predicted molar refractivity (Wildman–Crippen MR) is 66.5 cm³/mol. The van der Waals surface area contributed by atoms with Crippen LogP contribution in [0.4, 0.5) is 5.82 Å². The van der Waals surface area contributed by atoms with Crippen LogP contribution in [0.2, 0.25) is 0 Å². The Morgan fingerprint density at radius 2 is 2.19 bits per heavy atom. The average molecular weight is 244 g/mol. The van der Waals surface area contributed by atoms with E-state index in [0.29, 0.717) is 11.8 Å². The van der Waals surface area contributed by atoms with Crippen LogP contribution in [0.5, 0.6) is 5.88 Å². The highest BCUT2D eigenvalue weighted by atomic mass is 35.5. The van der Waals surface area contributed by atoms with Gasteiger partial charge in [-0.05, 0) is 20.3 Å². The van der Waals surface area contributed by atoms with E-state index in [1.54, 1.807) is 7.11 Å². The normalized spacial score (nSPS) is 10.2. The fourth-order valence-electron chi connectivity index (χ4n) is 1.48. The molecule has 90 valence electrons. The Kier molecular flexibility index (Phi) is 5.32. The van der Waals surface area contributed by atoms with Gasteiger partial charge in [0.15, 0.2) is 0 Å². The van der Waals surface area contributed by atoms with Crippen molar-refractivity contribution >= 4 is 17.4 Å². The number of aromatic nitrogens is 2. The van der Waals surface area contributed by atoms with Gasteiger partial charge in [0, 0.05) is 25.0 Å². The maximum Gasteiger partial charge on any atom is 0.218 e. The number of halogens is 1. The summed E-state index contributed by atoms with van der Waals surface area (Å²) in [6.45, 7) is 5.76. The van der Waals surface area contributed by atoms with Gasteiger partial charge in [0.1, 0.15) is 11.6 Å². The number of ether oxygens (including phenoxy) is 1. The lowest BCUT2D eigenvalue weighted by Crippen LogP contribution is -2.25. The fourth-order valence-corrected chi connectivity index (χ4v) is 1.60. The number of aryl methyl sites for hydroxylation is 1. The zero-order valence-corrected chi connectivity index (χ0v) is 10.8. The maximum absolute atomic E-state index is 5.70. The van der Waals surface area contributed by atoms with Crippen molar-refractivity contribution in [3.8, 4) is 5.88 Å². The van der Waals surface area contributed by atoms with Crippen molar-refractivity contribution < 1.29 is 4.74 Å². The van der Waals surface area contributed by atoms with Crippen LogP contribution in [0.25, 0.3) is 0 Å². The van der Waals surface area contributed by atoms with E-state index in [1.807, 2.05) is 13.0 Å². The summed E-state index contributed by atoms with van der Waals surface area (Å²) in [4.78, 5) is 10.7. The van der Waals surface area contributed by atoms with E-state index in [9.17, 15) is 0 Å². The van der Waals surface area contributed by atoms with Crippen LogP contribution in [0.1, 0.15) is 19.2 Å². The standard InChI is InChI=1S/C11H18ClN3O/c1-4-15(7-5-6-12)10-8-11(16-3)14-9(2)13-10/h8H,4-7H2,1-3H3. The van der Waals surface area contributed by atoms with Gasteiger partial charge in [-0.1, -0.05) is 0 Å². The molecular weight excluding hydrogens is 226 g/mol. The Morgan fingerprint density at radius 1 is 1.44 bits per heavy atom. The molecule has 0 aromatic carbocycles. The Balaban J connectivity index is 2.86. The minimum atomic E-state index is 0.604. The van der Waals surface area contributed by atoms with Crippen molar-refractivity contribution in [1.82, 2.24) is 9.97 Å². The summed E-state index contributed by atoms with van der Waals surface area (Å²) in [5.74, 6) is 2.89. The second-order valence-electron chi connectivity index (χ2n) is 3.44. The van der Waals surface area contributed by atoms with E-state index >= 15 is 0 Å². The number of hydrogen-bond acceptors (Lipinski definition) is 4. The molecule has 0 saturated carbocycles. The van der Waals surface area contributed by atoms with Crippen molar-refractivity contribution in [3.63, 3.8) is 0 Å². The first-order chi connectivity index (χ1) is 7.71. The molecule has 5 heteroatoms. The largest absolute Gasteiger partial charge is 0.481 e. The molecule has 0 spiro atoms. The molecule has 0 unspecified atom stereocenters. The molecule has 1 rings (SSSR count). The summed E-state index contributed by atoms with van der Waals surface area (Å²) in [6, 6.07) is 1.85. The molecule has 0 saturated heterocycles. The molecular formula is C11H18ClN3O. The van der Waals surface area contributed by atoms with E-state index in [2.05, 4.69) is 21.8 Å². The second-order valence-corrected chi connectivity index (χ2v) is 3.82. The minimum absolute atomic E-state index is 0.604. The van der Waals surface area contributed by atoms with Gasteiger partial charge in [0.05, 0.1) is 7.11 Å². The summed E-state index contributed by atoms with van der Waals surface area (Å²) in [7, 11) is 1.61. The smallest absolute Gasteiger partial charge is 0.218 e. The van der Waals surface area contributed by atoms with Crippen molar-refractivity contribution in [3.05, 3.63) is 11.9 Å². The third-order valence-corrected chi connectivity index (χ3v) is 2.54. The summed E-state index contributed by atoms with van der Waals surface area (Å²) in [5, 5.41) is 0. The Morgan fingerprint density at radius 3 is 2.75 bits per heavy atom. The lowest BCUT2D eigenvalue weighted by Gasteiger charge is -2.21. The number of anilines is 1. The molecule has 0 bridgehead atoms. The number of rotatable bonds is 6. The molecule has 0 radical (unpaired) electrons. The van der Waals surface area contributed by atoms with Gasteiger partial charge >= 0.3 is 0 Å². The van der Waals surface area contributed by atoms with E-state index in [4.69, 9.17) is 16.3 Å². The third kappa shape index (κ3) is 3.52. The molecule has 0 aliphatic carbocycles. The zero-order chi connectivity index (χ0) is 12.0. The van der Waals surface area contributed by atoms with Crippen LogP contribution in [-0.2, 0) is 0 Å². The topological polar surface area (TPSA) is 38.2 Å². The third-order valence-electron chi connectivity index (χ3n) is 2.28. The number of methoxy groups -OCH3 is 1. The number of hydrogen-bond donors (Lipinski definition) is 0. The Hall–Kier alpha value is -1.03. The van der Waals surface area contributed by atoms with Gasteiger partial charge < -0.3 is 9.64 Å². The van der Waals surface area contributed by atoms with Crippen molar-refractivity contribution in [1.29, 1.82) is 0 Å². The van der Waals surface area contributed by atoms with Crippen LogP contribution in [0.3, 0.4) is 0 Å². The molecule has 0 fully saturated rings. The van der Waals surface area contributed by atoms with Crippen molar-refractivity contribution in [2.45, 2.75) is 20.3 Å². The second kappa shape index (κ2) is 6.53. The fraction of sp³-hybridized carbons (Fsp3) is 0.636. The van der Waals surface area contributed by atoms with E-state index in [-0.39, 0.29) is 0 Å².